The molecule has 0 spiro atoms. The predicted octanol–water partition coefficient (Wildman–Crippen LogP) is 3.99. The van der Waals surface area contributed by atoms with Crippen molar-refractivity contribution >= 4 is 40.6 Å². The molecule has 3 aromatic rings. The lowest BCUT2D eigenvalue weighted by Gasteiger charge is -2.33. The standard InChI is InChI=1S/C26H33N5O6S/c1-14(2)21(28-24(34)37-26(3,4)5)22-29-30-25(36-22)38-13-20(32)31-12-18-16(11-19(31)23(33)35-6)15-9-7-8-10-17(15)27-18/h7-10,14,19,21,27H,11-13H2,1-6H3,(H,28,34)/t19-,21+/m1/s1. The van der Waals surface area contributed by atoms with Crippen LogP contribution in [0.2, 0.25) is 0 Å². The fraction of sp³-hybridized carbons (Fsp3) is 0.500. The first-order valence-electron chi connectivity index (χ1n) is 12.4. The fourth-order valence-electron chi connectivity index (χ4n) is 4.38. The summed E-state index contributed by atoms with van der Waals surface area (Å²) in [5.74, 6) is -0.582. The molecule has 3 heterocycles. The Morgan fingerprint density at radius 3 is 2.66 bits per heavy atom. The number of esters is 1. The molecule has 2 atom stereocenters. The highest BCUT2D eigenvalue weighted by atomic mass is 32.2. The molecule has 1 aliphatic rings. The van der Waals surface area contributed by atoms with Crippen molar-refractivity contribution in [2.24, 2.45) is 5.92 Å². The molecule has 2 amide bonds. The van der Waals surface area contributed by atoms with Crippen molar-refractivity contribution in [3.8, 4) is 0 Å². The number of alkyl carbamates (subject to hydrolysis) is 1. The number of methoxy groups -OCH3 is 1. The number of ether oxygens (including phenoxy) is 2. The molecule has 4 rings (SSSR count). The summed E-state index contributed by atoms with van der Waals surface area (Å²) in [6, 6.07) is 6.56. The van der Waals surface area contributed by atoms with Gasteiger partial charge in [-0.25, -0.2) is 9.59 Å². The van der Waals surface area contributed by atoms with Gasteiger partial charge in [0.1, 0.15) is 17.7 Å². The van der Waals surface area contributed by atoms with Gasteiger partial charge in [-0.3, -0.25) is 4.79 Å². The lowest BCUT2D eigenvalue weighted by Crippen LogP contribution is -2.49. The number of hydrogen-bond donors (Lipinski definition) is 2. The van der Waals surface area contributed by atoms with Gasteiger partial charge in [-0.05, 0) is 38.3 Å². The van der Waals surface area contributed by atoms with E-state index >= 15 is 0 Å². The highest BCUT2D eigenvalue weighted by Crippen LogP contribution is 2.32. The molecule has 0 aliphatic carbocycles. The number of thioether (sulfide) groups is 1. The van der Waals surface area contributed by atoms with Crippen molar-refractivity contribution in [3.63, 3.8) is 0 Å². The predicted molar refractivity (Wildman–Crippen MR) is 140 cm³/mol. The SMILES string of the molecule is COC(=O)[C@H]1Cc2c([nH]c3ccccc23)CN1C(=O)CSc1nnc([C@@H](NC(=O)OC(C)(C)C)C(C)C)o1. The van der Waals surface area contributed by atoms with E-state index in [4.69, 9.17) is 13.9 Å². The van der Waals surface area contributed by atoms with E-state index in [1.54, 1.807) is 20.8 Å². The molecule has 0 saturated carbocycles. The number of rotatable bonds is 7. The number of amides is 2. The van der Waals surface area contributed by atoms with Gasteiger partial charge in [0, 0.05) is 23.0 Å². The Morgan fingerprint density at radius 1 is 1.24 bits per heavy atom. The van der Waals surface area contributed by atoms with Crippen LogP contribution >= 0.6 is 11.8 Å². The molecule has 12 heteroatoms. The number of hydrogen-bond acceptors (Lipinski definition) is 9. The van der Waals surface area contributed by atoms with Crippen LogP contribution in [0.4, 0.5) is 4.79 Å². The van der Waals surface area contributed by atoms with Crippen LogP contribution in [0.15, 0.2) is 33.9 Å². The molecule has 1 aromatic carbocycles. The van der Waals surface area contributed by atoms with E-state index in [1.807, 2.05) is 38.1 Å². The van der Waals surface area contributed by atoms with Gasteiger partial charge in [0.15, 0.2) is 0 Å². The molecule has 11 nitrogen and oxygen atoms in total. The average Bonchev–Trinajstić information content (AvgIpc) is 3.47. The van der Waals surface area contributed by atoms with Gasteiger partial charge in [0.05, 0.1) is 19.4 Å². The maximum atomic E-state index is 13.3. The van der Waals surface area contributed by atoms with E-state index in [-0.39, 0.29) is 35.2 Å². The molecular weight excluding hydrogens is 510 g/mol. The summed E-state index contributed by atoms with van der Waals surface area (Å²) < 4.78 is 16.1. The monoisotopic (exact) mass is 543 g/mol. The molecule has 0 saturated heterocycles. The van der Waals surface area contributed by atoms with Crippen molar-refractivity contribution in [2.75, 3.05) is 12.9 Å². The van der Waals surface area contributed by atoms with E-state index in [9.17, 15) is 14.4 Å². The summed E-state index contributed by atoms with van der Waals surface area (Å²) >= 11 is 1.07. The summed E-state index contributed by atoms with van der Waals surface area (Å²) in [5, 5.41) is 12.1. The molecule has 0 radical (unpaired) electrons. The summed E-state index contributed by atoms with van der Waals surface area (Å²) in [5.41, 5.74) is 2.23. The highest BCUT2D eigenvalue weighted by molar-refractivity contribution is 7.99. The van der Waals surface area contributed by atoms with Gasteiger partial charge in [0.2, 0.25) is 11.8 Å². The molecular formula is C26H33N5O6S. The second-order valence-corrected chi connectivity index (χ2v) is 11.4. The molecule has 0 bridgehead atoms. The molecule has 1 aliphatic heterocycles. The van der Waals surface area contributed by atoms with Crippen molar-refractivity contribution in [1.29, 1.82) is 0 Å². The van der Waals surface area contributed by atoms with Crippen LogP contribution in [0.25, 0.3) is 10.9 Å². The van der Waals surface area contributed by atoms with Gasteiger partial charge in [-0.2, -0.15) is 0 Å². The Hall–Kier alpha value is -3.54. The Labute approximate surface area is 225 Å². The topological polar surface area (TPSA) is 140 Å². The summed E-state index contributed by atoms with van der Waals surface area (Å²) in [4.78, 5) is 43.1. The van der Waals surface area contributed by atoms with E-state index in [0.29, 0.717) is 6.42 Å². The third-order valence-corrected chi connectivity index (χ3v) is 6.95. The average molecular weight is 544 g/mol. The van der Waals surface area contributed by atoms with Crippen LogP contribution < -0.4 is 5.32 Å². The highest BCUT2D eigenvalue weighted by Gasteiger charge is 2.37. The van der Waals surface area contributed by atoms with E-state index in [2.05, 4.69) is 20.5 Å². The number of para-hydroxylation sites is 1. The van der Waals surface area contributed by atoms with Crippen molar-refractivity contribution in [1.82, 2.24) is 25.4 Å². The van der Waals surface area contributed by atoms with Gasteiger partial charge in [-0.1, -0.05) is 43.8 Å². The Morgan fingerprint density at radius 2 is 1.97 bits per heavy atom. The first-order chi connectivity index (χ1) is 18.0. The van der Waals surface area contributed by atoms with Crippen molar-refractivity contribution < 1.29 is 28.3 Å². The quantitative estimate of drug-likeness (QED) is 0.334. The summed E-state index contributed by atoms with van der Waals surface area (Å²) in [6.45, 7) is 9.41. The molecule has 0 unspecified atom stereocenters. The molecule has 0 fully saturated rings. The van der Waals surface area contributed by atoms with Gasteiger partial charge < -0.3 is 29.1 Å². The van der Waals surface area contributed by atoms with Crippen LogP contribution in [-0.2, 0) is 32.0 Å². The number of nitrogens with one attached hydrogen (secondary N) is 2. The normalized spacial score (nSPS) is 16.3. The van der Waals surface area contributed by atoms with Gasteiger partial charge >= 0.3 is 12.1 Å². The number of aromatic nitrogens is 3. The maximum absolute atomic E-state index is 13.3. The second kappa shape index (κ2) is 11.1. The lowest BCUT2D eigenvalue weighted by molar-refractivity contribution is -0.153. The van der Waals surface area contributed by atoms with Gasteiger partial charge in [0.25, 0.3) is 5.22 Å². The smallest absolute Gasteiger partial charge is 0.408 e. The zero-order chi connectivity index (χ0) is 27.6. The number of fused-ring (bicyclic) bond motifs is 3. The zero-order valence-corrected chi connectivity index (χ0v) is 23.2. The minimum absolute atomic E-state index is 0.0173. The number of carbonyl (C=O) groups is 3. The number of benzene rings is 1. The van der Waals surface area contributed by atoms with E-state index in [0.717, 1.165) is 33.9 Å². The second-order valence-electron chi connectivity index (χ2n) is 10.5. The Balaban J connectivity index is 1.45. The Kier molecular flexibility index (Phi) is 8.00. The molecule has 2 N–H and O–H groups in total. The summed E-state index contributed by atoms with van der Waals surface area (Å²) in [7, 11) is 1.32. The summed E-state index contributed by atoms with van der Waals surface area (Å²) in [6.07, 6.45) is -0.228. The molecule has 2 aromatic heterocycles. The van der Waals surface area contributed by atoms with Crippen LogP contribution in [-0.4, -0.2) is 62.6 Å². The van der Waals surface area contributed by atoms with Crippen LogP contribution in [0.1, 0.15) is 57.8 Å². The first kappa shape index (κ1) is 27.5. The number of H-pyrrole nitrogens is 1. The van der Waals surface area contributed by atoms with Crippen molar-refractivity contribution in [2.45, 2.75) is 70.5 Å². The zero-order valence-electron chi connectivity index (χ0n) is 22.4. The minimum Gasteiger partial charge on any atom is -0.467 e. The minimum atomic E-state index is -0.735. The molecule has 204 valence electrons. The van der Waals surface area contributed by atoms with Crippen LogP contribution in [0.5, 0.6) is 0 Å². The number of carbonyl (C=O) groups excluding carboxylic acids is 3. The Bertz CT molecular complexity index is 1330. The third-order valence-electron chi connectivity index (χ3n) is 6.14. The largest absolute Gasteiger partial charge is 0.467 e. The lowest BCUT2D eigenvalue weighted by atomic mass is 9.96. The van der Waals surface area contributed by atoms with E-state index < -0.39 is 29.7 Å². The van der Waals surface area contributed by atoms with E-state index in [1.165, 1.54) is 12.0 Å². The number of nitrogens with zero attached hydrogens (tertiary/aromatic N) is 3. The third kappa shape index (κ3) is 6.12. The maximum Gasteiger partial charge on any atom is 0.408 e. The molecule has 38 heavy (non-hydrogen) atoms. The first-order valence-corrected chi connectivity index (χ1v) is 13.4. The van der Waals surface area contributed by atoms with Crippen LogP contribution in [0.3, 0.4) is 0 Å². The van der Waals surface area contributed by atoms with Crippen molar-refractivity contribution in [3.05, 3.63) is 41.4 Å². The van der Waals surface area contributed by atoms with Gasteiger partial charge in [-0.15, -0.1) is 10.2 Å². The fourth-order valence-corrected chi connectivity index (χ4v) is 5.03. The van der Waals surface area contributed by atoms with Crippen LogP contribution in [0, 0.1) is 5.92 Å². The number of aromatic amines is 1.